The van der Waals surface area contributed by atoms with Gasteiger partial charge < -0.3 is 4.74 Å². The lowest BCUT2D eigenvalue weighted by molar-refractivity contribution is 0.415. The molecule has 2 rings (SSSR count). The number of ether oxygens (including phenoxy) is 1. The number of hydrogen-bond acceptors (Lipinski definition) is 1. The second-order valence-electron chi connectivity index (χ2n) is 4.66. The Morgan fingerprint density at radius 1 is 1.00 bits per heavy atom. The molecule has 0 saturated carbocycles. The van der Waals surface area contributed by atoms with Crippen LogP contribution in [0, 0.1) is 0 Å². The van der Waals surface area contributed by atoms with Gasteiger partial charge in [0.1, 0.15) is 5.75 Å². The first-order valence-electron chi connectivity index (χ1n) is 6.49. The molecule has 1 unspecified atom stereocenters. The van der Waals surface area contributed by atoms with E-state index in [4.69, 9.17) is 4.74 Å². The zero-order valence-electron chi connectivity index (χ0n) is 11.3. The molecule has 0 bridgehead atoms. The molecule has 0 fully saturated rings. The van der Waals surface area contributed by atoms with Crippen LogP contribution in [0.25, 0.3) is 11.1 Å². The molecule has 0 aliphatic carbocycles. The second kappa shape index (κ2) is 5.72. The lowest BCUT2D eigenvalue weighted by atomic mass is 9.96. The average Bonchev–Trinajstić information content (AvgIpc) is 2.46. The number of benzene rings is 2. The molecule has 1 atom stereocenters. The van der Waals surface area contributed by atoms with E-state index >= 15 is 0 Å². The van der Waals surface area contributed by atoms with Crippen molar-refractivity contribution in [3.05, 3.63) is 54.1 Å². The van der Waals surface area contributed by atoms with Crippen LogP contribution in [0.4, 0.5) is 0 Å². The minimum Gasteiger partial charge on any atom is -0.497 e. The SMILES string of the molecule is CCC(C)c1ccc(-c2cccc(OC)c2)cc1. The molecule has 2 aromatic rings. The van der Waals surface area contributed by atoms with Crippen molar-refractivity contribution >= 4 is 0 Å². The van der Waals surface area contributed by atoms with Gasteiger partial charge in [0.05, 0.1) is 7.11 Å². The maximum atomic E-state index is 5.26. The second-order valence-corrected chi connectivity index (χ2v) is 4.66. The highest BCUT2D eigenvalue weighted by atomic mass is 16.5. The van der Waals surface area contributed by atoms with Gasteiger partial charge in [-0.1, -0.05) is 50.2 Å². The summed E-state index contributed by atoms with van der Waals surface area (Å²) in [6.45, 7) is 4.49. The van der Waals surface area contributed by atoms with E-state index in [0.717, 1.165) is 5.75 Å². The van der Waals surface area contributed by atoms with Gasteiger partial charge in [0.15, 0.2) is 0 Å². The minimum atomic E-state index is 0.629. The molecule has 0 aliphatic rings. The van der Waals surface area contributed by atoms with Crippen molar-refractivity contribution in [1.82, 2.24) is 0 Å². The highest BCUT2D eigenvalue weighted by Gasteiger charge is 2.04. The lowest BCUT2D eigenvalue weighted by Crippen LogP contribution is -1.90. The molecule has 0 heterocycles. The molecule has 18 heavy (non-hydrogen) atoms. The normalized spacial score (nSPS) is 12.2. The van der Waals surface area contributed by atoms with Crippen molar-refractivity contribution in [2.45, 2.75) is 26.2 Å². The van der Waals surface area contributed by atoms with Gasteiger partial charge >= 0.3 is 0 Å². The van der Waals surface area contributed by atoms with Crippen molar-refractivity contribution in [3.8, 4) is 16.9 Å². The first-order chi connectivity index (χ1) is 8.74. The van der Waals surface area contributed by atoms with Crippen molar-refractivity contribution in [2.75, 3.05) is 7.11 Å². The van der Waals surface area contributed by atoms with E-state index in [9.17, 15) is 0 Å². The first kappa shape index (κ1) is 12.7. The molecular formula is C17H20O. The highest BCUT2D eigenvalue weighted by Crippen LogP contribution is 2.26. The Labute approximate surface area is 109 Å². The van der Waals surface area contributed by atoms with Crippen LogP contribution >= 0.6 is 0 Å². The van der Waals surface area contributed by atoms with Gasteiger partial charge in [-0.3, -0.25) is 0 Å². The highest BCUT2D eigenvalue weighted by molar-refractivity contribution is 5.65. The zero-order chi connectivity index (χ0) is 13.0. The van der Waals surface area contributed by atoms with Crippen molar-refractivity contribution in [1.29, 1.82) is 0 Å². The summed E-state index contributed by atoms with van der Waals surface area (Å²) >= 11 is 0. The van der Waals surface area contributed by atoms with Crippen molar-refractivity contribution in [2.24, 2.45) is 0 Å². The zero-order valence-corrected chi connectivity index (χ0v) is 11.3. The Morgan fingerprint density at radius 3 is 2.33 bits per heavy atom. The summed E-state index contributed by atoms with van der Waals surface area (Å²) in [5, 5.41) is 0. The van der Waals surface area contributed by atoms with E-state index in [-0.39, 0.29) is 0 Å². The number of methoxy groups -OCH3 is 1. The Morgan fingerprint density at radius 2 is 1.72 bits per heavy atom. The van der Waals surface area contributed by atoms with Crippen molar-refractivity contribution in [3.63, 3.8) is 0 Å². The Balaban J connectivity index is 2.28. The van der Waals surface area contributed by atoms with E-state index in [0.29, 0.717) is 5.92 Å². The molecule has 2 aromatic carbocycles. The van der Waals surface area contributed by atoms with Crippen LogP contribution in [0.2, 0.25) is 0 Å². The van der Waals surface area contributed by atoms with Gasteiger partial charge in [-0.2, -0.15) is 0 Å². The van der Waals surface area contributed by atoms with E-state index in [2.05, 4.69) is 50.2 Å². The Bertz CT molecular complexity index is 499. The summed E-state index contributed by atoms with van der Waals surface area (Å²) in [5.74, 6) is 1.53. The summed E-state index contributed by atoms with van der Waals surface area (Å²) < 4.78 is 5.26. The van der Waals surface area contributed by atoms with Gasteiger partial charge in [0.25, 0.3) is 0 Å². The third-order valence-electron chi connectivity index (χ3n) is 3.50. The van der Waals surface area contributed by atoms with E-state index in [1.807, 2.05) is 12.1 Å². The molecule has 0 aliphatic heterocycles. The summed E-state index contributed by atoms with van der Waals surface area (Å²) in [6, 6.07) is 17.0. The van der Waals surface area contributed by atoms with Crippen LogP contribution in [-0.4, -0.2) is 7.11 Å². The topological polar surface area (TPSA) is 9.23 Å². The fourth-order valence-electron chi connectivity index (χ4n) is 2.04. The molecule has 0 amide bonds. The quantitative estimate of drug-likeness (QED) is 0.740. The number of rotatable bonds is 4. The van der Waals surface area contributed by atoms with Crippen LogP contribution in [0.15, 0.2) is 48.5 Å². The maximum absolute atomic E-state index is 5.26. The predicted octanol–water partition coefficient (Wildman–Crippen LogP) is 4.88. The molecule has 1 nitrogen and oxygen atoms in total. The molecule has 0 radical (unpaired) electrons. The largest absolute Gasteiger partial charge is 0.497 e. The molecule has 0 saturated heterocycles. The molecule has 0 spiro atoms. The smallest absolute Gasteiger partial charge is 0.119 e. The standard InChI is InChI=1S/C17H20O/c1-4-13(2)14-8-10-15(11-9-14)16-6-5-7-17(12-16)18-3/h5-13H,4H2,1-3H3. The molecule has 1 heteroatoms. The maximum Gasteiger partial charge on any atom is 0.119 e. The molecule has 0 aromatic heterocycles. The van der Waals surface area contributed by atoms with Crippen LogP contribution in [0.1, 0.15) is 31.7 Å². The van der Waals surface area contributed by atoms with E-state index in [1.165, 1.54) is 23.1 Å². The van der Waals surface area contributed by atoms with E-state index < -0.39 is 0 Å². The van der Waals surface area contributed by atoms with Gasteiger partial charge in [-0.25, -0.2) is 0 Å². The van der Waals surface area contributed by atoms with Gasteiger partial charge in [0.2, 0.25) is 0 Å². The van der Waals surface area contributed by atoms with Crippen LogP contribution < -0.4 is 4.74 Å². The third-order valence-corrected chi connectivity index (χ3v) is 3.50. The Hall–Kier alpha value is -1.76. The summed E-state index contributed by atoms with van der Waals surface area (Å²) in [7, 11) is 1.70. The van der Waals surface area contributed by atoms with Crippen molar-refractivity contribution < 1.29 is 4.74 Å². The number of hydrogen-bond donors (Lipinski definition) is 0. The van der Waals surface area contributed by atoms with E-state index in [1.54, 1.807) is 7.11 Å². The first-order valence-corrected chi connectivity index (χ1v) is 6.49. The monoisotopic (exact) mass is 240 g/mol. The summed E-state index contributed by atoms with van der Waals surface area (Å²) in [5.41, 5.74) is 3.84. The average molecular weight is 240 g/mol. The summed E-state index contributed by atoms with van der Waals surface area (Å²) in [6.07, 6.45) is 1.18. The third kappa shape index (κ3) is 2.73. The molecular weight excluding hydrogens is 220 g/mol. The van der Waals surface area contributed by atoms with Gasteiger partial charge in [0, 0.05) is 0 Å². The fourth-order valence-corrected chi connectivity index (χ4v) is 2.04. The van der Waals surface area contributed by atoms with Crippen LogP contribution in [0.5, 0.6) is 5.75 Å². The van der Waals surface area contributed by atoms with Gasteiger partial charge in [-0.15, -0.1) is 0 Å². The molecule has 94 valence electrons. The summed E-state index contributed by atoms with van der Waals surface area (Å²) in [4.78, 5) is 0. The molecule has 0 N–H and O–H groups in total. The lowest BCUT2D eigenvalue weighted by Gasteiger charge is -2.10. The van der Waals surface area contributed by atoms with Gasteiger partial charge in [-0.05, 0) is 41.2 Å². The fraction of sp³-hybridized carbons (Fsp3) is 0.294. The minimum absolute atomic E-state index is 0.629. The van der Waals surface area contributed by atoms with Crippen LogP contribution in [-0.2, 0) is 0 Å². The Kier molecular flexibility index (Phi) is 4.03. The van der Waals surface area contributed by atoms with Crippen LogP contribution in [0.3, 0.4) is 0 Å². The predicted molar refractivity (Wildman–Crippen MR) is 77.1 cm³/mol.